The summed E-state index contributed by atoms with van der Waals surface area (Å²) in [6, 6.07) is 10.7. The summed E-state index contributed by atoms with van der Waals surface area (Å²) in [5.41, 5.74) is 0.335. The number of nitrogens with one attached hydrogen (secondary N) is 1. The molecule has 5 fully saturated rings. The van der Waals surface area contributed by atoms with Crippen LogP contribution in [-0.2, 0) is 4.79 Å². The van der Waals surface area contributed by atoms with E-state index in [1.54, 1.807) is 0 Å². The van der Waals surface area contributed by atoms with Crippen LogP contribution in [0.15, 0.2) is 35.3 Å². The number of aliphatic carboxylic acids is 1. The highest BCUT2D eigenvalue weighted by Gasteiger charge is 2.59. The molecular weight excluding hydrogens is 414 g/mol. The standard InChI is InChI=1S/C26H35N5O2/c1-25(2,31-10-8-30(9-11-31)21-6-4-3-5-7-21)23(28-17-27)29-22-19-12-18-13-20(22)16-26(14-18,15-19)24(32)33/h3-7,18-20,22H,8-16H2,1-2H3,(H,28,29)(H,32,33). The molecule has 2 unspecified atom stereocenters. The van der Waals surface area contributed by atoms with Gasteiger partial charge in [-0.1, -0.05) is 18.2 Å². The Bertz CT molecular complexity index is 945. The zero-order valence-corrected chi connectivity index (χ0v) is 19.7. The summed E-state index contributed by atoms with van der Waals surface area (Å²) in [6.07, 6.45) is 6.58. The smallest absolute Gasteiger partial charge is 0.309 e. The molecule has 1 saturated heterocycles. The third kappa shape index (κ3) is 3.89. The molecule has 7 heteroatoms. The lowest BCUT2D eigenvalue weighted by atomic mass is 9.48. The van der Waals surface area contributed by atoms with Gasteiger partial charge in [0.25, 0.3) is 0 Å². The minimum atomic E-state index is -0.608. The quantitative estimate of drug-likeness (QED) is 0.407. The Labute approximate surface area is 196 Å². The number of piperazine rings is 1. The number of benzene rings is 1. The molecule has 4 aliphatic carbocycles. The van der Waals surface area contributed by atoms with Crippen LogP contribution < -0.4 is 10.2 Å². The van der Waals surface area contributed by atoms with Gasteiger partial charge in [-0.05, 0) is 75.8 Å². The van der Waals surface area contributed by atoms with Crippen molar-refractivity contribution in [1.29, 1.82) is 5.26 Å². The molecule has 4 saturated carbocycles. The van der Waals surface area contributed by atoms with Crippen molar-refractivity contribution in [2.45, 2.75) is 57.5 Å². The van der Waals surface area contributed by atoms with Crippen molar-refractivity contribution >= 4 is 17.5 Å². The molecule has 33 heavy (non-hydrogen) atoms. The number of hydrogen-bond donors (Lipinski definition) is 2. The SMILES string of the molecule is CC(C)(/C(=N\C#N)NC1C2CC3CC1CC(C(=O)O)(C3)C2)N1CCN(c2ccccc2)CC1. The Morgan fingerprint density at radius 3 is 2.33 bits per heavy atom. The van der Waals surface area contributed by atoms with E-state index in [0.717, 1.165) is 64.1 Å². The summed E-state index contributed by atoms with van der Waals surface area (Å²) in [5, 5.41) is 23.2. The van der Waals surface area contributed by atoms with Gasteiger partial charge in [0, 0.05) is 37.9 Å². The van der Waals surface area contributed by atoms with E-state index in [4.69, 9.17) is 0 Å². The van der Waals surface area contributed by atoms with Gasteiger partial charge in [0.05, 0.1) is 11.0 Å². The first-order valence-electron chi connectivity index (χ1n) is 12.3. The van der Waals surface area contributed by atoms with Crippen LogP contribution in [0.2, 0.25) is 0 Å². The third-order valence-corrected chi connectivity index (χ3v) is 8.96. The number of nitrogens with zero attached hydrogens (tertiary/aromatic N) is 4. The van der Waals surface area contributed by atoms with Crippen molar-refractivity contribution in [3.63, 3.8) is 0 Å². The van der Waals surface area contributed by atoms with E-state index >= 15 is 0 Å². The molecule has 1 aromatic rings. The summed E-state index contributed by atoms with van der Waals surface area (Å²) in [4.78, 5) is 21.2. The van der Waals surface area contributed by atoms with Crippen molar-refractivity contribution in [2.24, 2.45) is 28.2 Å². The molecule has 0 aromatic heterocycles. The summed E-state index contributed by atoms with van der Waals surface area (Å²) >= 11 is 0. The molecule has 0 spiro atoms. The van der Waals surface area contributed by atoms with Gasteiger partial charge < -0.3 is 15.3 Å². The second-order valence-electron chi connectivity index (χ2n) is 11.2. The average Bonchev–Trinajstić information content (AvgIpc) is 2.81. The van der Waals surface area contributed by atoms with Gasteiger partial charge in [-0.25, -0.2) is 0 Å². The second-order valence-corrected chi connectivity index (χ2v) is 11.2. The zero-order valence-electron chi connectivity index (χ0n) is 19.7. The molecule has 7 nitrogen and oxygen atoms in total. The molecular formula is C26H35N5O2. The van der Waals surface area contributed by atoms with Crippen LogP contribution in [-0.4, -0.2) is 59.6 Å². The van der Waals surface area contributed by atoms with Gasteiger partial charge in [-0.2, -0.15) is 10.3 Å². The number of hydrogen-bond acceptors (Lipinski definition) is 5. The summed E-state index contributed by atoms with van der Waals surface area (Å²) < 4.78 is 0. The molecule has 0 radical (unpaired) electrons. The molecule has 1 aromatic carbocycles. The highest BCUT2D eigenvalue weighted by molar-refractivity contribution is 5.92. The number of para-hydroxylation sites is 1. The number of carbonyl (C=O) groups is 1. The fourth-order valence-corrected chi connectivity index (χ4v) is 7.39. The Hall–Kier alpha value is -2.59. The van der Waals surface area contributed by atoms with Gasteiger partial charge in [0.15, 0.2) is 0 Å². The molecule has 0 amide bonds. The van der Waals surface area contributed by atoms with Gasteiger partial charge in [0.1, 0.15) is 5.84 Å². The summed E-state index contributed by atoms with van der Waals surface area (Å²) in [5.74, 6) is 1.36. The number of aliphatic imine (C=N–C) groups is 1. The molecule has 1 heterocycles. The van der Waals surface area contributed by atoms with Gasteiger partial charge in [0.2, 0.25) is 6.19 Å². The van der Waals surface area contributed by atoms with Crippen LogP contribution in [0, 0.1) is 34.6 Å². The maximum absolute atomic E-state index is 12.1. The monoisotopic (exact) mass is 449 g/mol. The zero-order chi connectivity index (χ0) is 23.2. The van der Waals surface area contributed by atoms with E-state index in [1.807, 2.05) is 12.3 Å². The largest absolute Gasteiger partial charge is 0.481 e. The first-order chi connectivity index (χ1) is 15.8. The van der Waals surface area contributed by atoms with E-state index < -0.39 is 16.9 Å². The fourth-order valence-electron chi connectivity index (χ4n) is 7.39. The first-order valence-corrected chi connectivity index (χ1v) is 12.3. The Balaban J connectivity index is 1.29. The van der Waals surface area contributed by atoms with E-state index in [1.165, 1.54) is 5.69 Å². The van der Waals surface area contributed by atoms with Crippen molar-refractivity contribution in [3.8, 4) is 6.19 Å². The van der Waals surface area contributed by atoms with Crippen LogP contribution in [0.1, 0.15) is 46.0 Å². The topological polar surface area (TPSA) is 92.0 Å². The van der Waals surface area contributed by atoms with Gasteiger partial charge >= 0.3 is 5.97 Å². The molecule has 2 atom stereocenters. The summed E-state index contributed by atoms with van der Waals surface area (Å²) in [7, 11) is 0. The highest BCUT2D eigenvalue weighted by atomic mass is 16.4. The van der Waals surface area contributed by atoms with Crippen molar-refractivity contribution in [3.05, 3.63) is 30.3 Å². The lowest BCUT2D eigenvalue weighted by Crippen LogP contribution is -2.66. The molecule has 2 N–H and O–H groups in total. The molecule has 1 aliphatic heterocycles. The Kier molecular flexibility index (Phi) is 5.60. The van der Waals surface area contributed by atoms with E-state index in [-0.39, 0.29) is 6.04 Å². The maximum atomic E-state index is 12.1. The van der Waals surface area contributed by atoms with E-state index in [2.05, 4.69) is 58.2 Å². The van der Waals surface area contributed by atoms with Crippen LogP contribution >= 0.6 is 0 Å². The van der Waals surface area contributed by atoms with Gasteiger partial charge in [-0.3, -0.25) is 9.69 Å². The minimum absolute atomic E-state index is 0.214. The Morgan fingerprint density at radius 1 is 1.12 bits per heavy atom. The minimum Gasteiger partial charge on any atom is -0.481 e. The summed E-state index contributed by atoms with van der Waals surface area (Å²) in [6.45, 7) is 7.98. The van der Waals surface area contributed by atoms with Crippen molar-refractivity contribution in [2.75, 3.05) is 31.1 Å². The Morgan fingerprint density at radius 2 is 1.76 bits per heavy atom. The molecule has 6 rings (SSSR count). The number of anilines is 1. The highest BCUT2D eigenvalue weighted by Crippen LogP contribution is 2.60. The predicted molar refractivity (Wildman–Crippen MR) is 128 cm³/mol. The van der Waals surface area contributed by atoms with E-state index in [9.17, 15) is 15.2 Å². The van der Waals surface area contributed by atoms with Crippen LogP contribution in [0.5, 0.6) is 0 Å². The van der Waals surface area contributed by atoms with Crippen molar-refractivity contribution < 1.29 is 9.90 Å². The van der Waals surface area contributed by atoms with Crippen LogP contribution in [0.25, 0.3) is 0 Å². The number of nitriles is 1. The molecule has 4 bridgehead atoms. The lowest BCUT2D eigenvalue weighted by Gasteiger charge is -2.59. The van der Waals surface area contributed by atoms with Gasteiger partial charge in [-0.15, -0.1) is 0 Å². The number of amidine groups is 1. The van der Waals surface area contributed by atoms with Crippen LogP contribution in [0.3, 0.4) is 0 Å². The van der Waals surface area contributed by atoms with E-state index in [0.29, 0.717) is 17.8 Å². The predicted octanol–water partition coefficient (Wildman–Crippen LogP) is 3.34. The fraction of sp³-hybridized carbons (Fsp3) is 0.654. The number of rotatable bonds is 5. The maximum Gasteiger partial charge on any atom is 0.309 e. The lowest BCUT2D eigenvalue weighted by molar-refractivity contribution is -0.166. The average molecular weight is 450 g/mol. The number of carboxylic acid groups (broad SMARTS) is 1. The van der Waals surface area contributed by atoms with Crippen LogP contribution in [0.4, 0.5) is 5.69 Å². The third-order valence-electron chi connectivity index (χ3n) is 8.96. The van der Waals surface area contributed by atoms with Crippen molar-refractivity contribution in [1.82, 2.24) is 10.2 Å². The number of carboxylic acids is 1. The second kappa shape index (κ2) is 8.32. The molecule has 176 valence electrons. The molecule has 5 aliphatic rings. The normalized spacial score (nSPS) is 34.2. The first kappa shape index (κ1) is 22.2.